The van der Waals surface area contributed by atoms with Crippen LogP contribution in [0.3, 0.4) is 0 Å². The third-order valence-electron chi connectivity index (χ3n) is 5.23. The molecule has 1 aromatic carbocycles. The summed E-state index contributed by atoms with van der Waals surface area (Å²) in [6.07, 6.45) is 2.96. The summed E-state index contributed by atoms with van der Waals surface area (Å²) in [5.74, 6) is 0.425. The van der Waals surface area contributed by atoms with E-state index in [9.17, 15) is 9.90 Å². The van der Waals surface area contributed by atoms with Gasteiger partial charge in [0.25, 0.3) is 5.91 Å². The SMILES string of the molecule is CCO[C@H]1OC(C(=O)N2CC2)=C[C@@H](c2csc3ccccc23)[C@H]1CCCO. The Labute approximate surface area is 163 Å². The molecule has 0 radical (unpaired) electrons. The highest BCUT2D eigenvalue weighted by Gasteiger charge is 2.40. The summed E-state index contributed by atoms with van der Waals surface area (Å²) < 4.78 is 13.1. The fourth-order valence-corrected chi connectivity index (χ4v) is 4.79. The molecule has 2 aromatic rings. The number of nitrogens with zero attached hydrogens (tertiary/aromatic N) is 1. The lowest BCUT2D eigenvalue weighted by atomic mass is 9.80. The second-order valence-electron chi connectivity index (χ2n) is 7.01. The van der Waals surface area contributed by atoms with Gasteiger partial charge in [-0.15, -0.1) is 11.3 Å². The minimum atomic E-state index is -0.478. The molecule has 0 bridgehead atoms. The van der Waals surface area contributed by atoms with Gasteiger partial charge >= 0.3 is 0 Å². The van der Waals surface area contributed by atoms with Crippen molar-refractivity contribution in [2.75, 3.05) is 26.3 Å². The molecule has 4 rings (SSSR count). The normalized spacial score (nSPS) is 24.6. The Hall–Kier alpha value is -1.89. The van der Waals surface area contributed by atoms with Gasteiger partial charge in [0, 0.05) is 42.8 Å². The molecule has 1 aromatic heterocycles. The first kappa shape index (κ1) is 18.5. The molecule has 27 heavy (non-hydrogen) atoms. The molecule has 1 amide bonds. The smallest absolute Gasteiger partial charge is 0.288 e. The van der Waals surface area contributed by atoms with E-state index in [0.29, 0.717) is 18.8 Å². The minimum Gasteiger partial charge on any atom is -0.459 e. The molecule has 144 valence electrons. The van der Waals surface area contributed by atoms with E-state index in [1.807, 2.05) is 25.1 Å². The highest BCUT2D eigenvalue weighted by molar-refractivity contribution is 7.17. The molecule has 6 heteroatoms. The number of amides is 1. The van der Waals surface area contributed by atoms with Crippen molar-refractivity contribution in [3.8, 4) is 0 Å². The number of ether oxygens (including phenoxy) is 2. The van der Waals surface area contributed by atoms with Gasteiger partial charge in [-0.25, -0.2) is 0 Å². The molecular weight excluding hydrogens is 362 g/mol. The summed E-state index contributed by atoms with van der Waals surface area (Å²) >= 11 is 1.72. The van der Waals surface area contributed by atoms with E-state index in [1.165, 1.54) is 15.6 Å². The monoisotopic (exact) mass is 387 g/mol. The maximum atomic E-state index is 12.6. The summed E-state index contributed by atoms with van der Waals surface area (Å²) in [7, 11) is 0. The number of fused-ring (bicyclic) bond motifs is 1. The van der Waals surface area contributed by atoms with Crippen LogP contribution in [0.25, 0.3) is 10.1 Å². The largest absolute Gasteiger partial charge is 0.459 e. The molecule has 0 saturated carbocycles. The molecule has 3 atom stereocenters. The first-order valence-electron chi connectivity index (χ1n) is 9.59. The fraction of sp³-hybridized carbons (Fsp3) is 0.476. The van der Waals surface area contributed by atoms with Gasteiger partial charge in [0.1, 0.15) is 0 Å². The minimum absolute atomic E-state index is 0.0249. The van der Waals surface area contributed by atoms with Gasteiger partial charge in [-0.1, -0.05) is 18.2 Å². The average Bonchev–Trinajstić information content (AvgIpc) is 3.45. The summed E-state index contributed by atoms with van der Waals surface area (Å²) in [5.41, 5.74) is 1.21. The first-order chi connectivity index (χ1) is 13.2. The van der Waals surface area contributed by atoms with Crippen LogP contribution < -0.4 is 0 Å². The van der Waals surface area contributed by atoms with Crippen LogP contribution in [0.15, 0.2) is 41.5 Å². The summed E-state index contributed by atoms with van der Waals surface area (Å²) in [6, 6.07) is 8.35. The Morgan fingerprint density at radius 3 is 2.93 bits per heavy atom. The van der Waals surface area contributed by atoms with Crippen molar-refractivity contribution in [3.63, 3.8) is 0 Å². The van der Waals surface area contributed by atoms with Crippen molar-refractivity contribution >= 4 is 27.3 Å². The molecule has 2 aliphatic heterocycles. The van der Waals surface area contributed by atoms with Gasteiger partial charge in [-0.2, -0.15) is 0 Å². The topological polar surface area (TPSA) is 58.8 Å². The number of aliphatic hydroxyl groups is 1. The van der Waals surface area contributed by atoms with Crippen molar-refractivity contribution in [3.05, 3.63) is 47.0 Å². The molecule has 3 heterocycles. The Balaban J connectivity index is 1.76. The highest BCUT2D eigenvalue weighted by Crippen LogP contribution is 2.43. The molecule has 0 unspecified atom stereocenters. The Morgan fingerprint density at radius 2 is 2.19 bits per heavy atom. The van der Waals surface area contributed by atoms with Crippen LogP contribution in [-0.2, 0) is 14.3 Å². The van der Waals surface area contributed by atoms with E-state index in [1.54, 1.807) is 16.2 Å². The van der Waals surface area contributed by atoms with Gasteiger partial charge in [0.15, 0.2) is 5.76 Å². The van der Waals surface area contributed by atoms with Gasteiger partial charge < -0.3 is 19.5 Å². The van der Waals surface area contributed by atoms with E-state index >= 15 is 0 Å². The lowest BCUT2D eigenvalue weighted by molar-refractivity contribution is -0.168. The van der Waals surface area contributed by atoms with E-state index < -0.39 is 6.29 Å². The second kappa shape index (κ2) is 8.00. The van der Waals surface area contributed by atoms with Crippen molar-refractivity contribution < 1.29 is 19.4 Å². The third kappa shape index (κ3) is 3.74. The molecule has 2 aliphatic rings. The van der Waals surface area contributed by atoms with Crippen LogP contribution in [0.1, 0.15) is 31.2 Å². The predicted octanol–water partition coefficient (Wildman–Crippen LogP) is 3.49. The molecular formula is C21H25NO4S. The molecule has 1 saturated heterocycles. The molecule has 0 aliphatic carbocycles. The molecule has 0 spiro atoms. The summed E-state index contributed by atoms with van der Waals surface area (Å²) in [6.45, 7) is 4.17. The lowest BCUT2D eigenvalue weighted by Gasteiger charge is -2.37. The van der Waals surface area contributed by atoms with Gasteiger partial charge in [0.05, 0.1) is 0 Å². The Morgan fingerprint density at radius 1 is 1.37 bits per heavy atom. The molecule has 1 N–H and O–H groups in total. The number of hydrogen-bond donors (Lipinski definition) is 1. The highest BCUT2D eigenvalue weighted by atomic mass is 32.1. The number of benzene rings is 1. The quantitative estimate of drug-likeness (QED) is 0.739. The van der Waals surface area contributed by atoms with Crippen molar-refractivity contribution in [1.82, 2.24) is 4.90 Å². The molecule has 5 nitrogen and oxygen atoms in total. The fourth-order valence-electron chi connectivity index (χ4n) is 3.78. The Bertz CT molecular complexity index is 842. The first-order valence-corrected chi connectivity index (χ1v) is 10.5. The number of carbonyl (C=O) groups excluding carboxylic acids is 1. The van der Waals surface area contributed by atoms with E-state index in [-0.39, 0.29) is 24.3 Å². The summed E-state index contributed by atoms with van der Waals surface area (Å²) in [4.78, 5) is 14.4. The standard InChI is InChI=1S/C21H25NO4S/c1-2-25-21-15(7-5-11-23)16(12-18(26-21)20(24)22-9-10-22)17-13-27-19-8-4-3-6-14(17)19/h3-4,6,8,12-13,15-16,21,23H,2,5,7,9-11H2,1H3/t15-,16-,21+/m1/s1. The van der Waals surface area contributed by atoms with Gasteiger partial charge in [0.2, 0.25) is 6.29 Å². The number of carbonyl (C=O) groups is 1. The average molecular weight is 388 g/mol. The second-order valence-corrected chi connectivity index (χ2v) is 7.92. The maximum Gasteiger partial charge on any atom is 0.288 e. The van der Waals surface area contributed by atoms with Crippen molar-refractivity contribution in [1.29, 1.82) is 0 Å². The van der Waals surface area contributed by atoms with E-state index in [2.05, 4.69) is 17.5 Å². The van der Waals surface area contributed by atoms with Crippen LogP contribution in [0, 0.1) is 5.92 Å². The third-order valence-corrected chi connectivity index (χ3v) is 6.21. The van der Waals surface area contributed by atoms with Crippen LogP contribution in [0.2, 0.25) is 0 Å². The van der Waals surface area contributed by atoms with Crippen LogP contribution in [0.5, 0.6) is 0 Å². The van der Waals surface area contributed by atoms with Crippen LogP contribution >= 0.6 is 11.3 Å². The van der Waals surface area contributed by atoms with Crippen LogP contribution in [0.4, 0.5) is 0 Å². The lowest BCUT2D eigenvalue weighted by Crippen LogP contribution is -2.37. The zero-order chi connectivity index (χ0) is 18.8. The van der Waals surface area contributed by atoms with Crippen molar-refractivity contribution in [2.45, 2.75) is 32.0 Å². The number of rotatable bonds is 7. The van der Waals surface area contributed by atoms with E-state index in [0.717, 1.165) is 19.5 Å². The maximum absolute atomic E-state index is 12.6. The van der Waals surface area contributed by atoms with Gasteiger partial charge in [-0.3, -0.25) is 4.79 Å². The number of hydrogen-bond acceptors (Lipinski definition) is 5. The van der Waals surface area contributed by atoms with Crippen molar-refractivity contribution in [2.24, 2.45) is 5.92 Å². The predicted molar refractivity (Wildman–Crippen MR) is 106 cm³/mol. The zero-order valence-corrected chi connectivity index (χ0v) is 16.3. The Kier molecular flexibility index (Phi) is 5.48. The van der Waals surface area contributed by atoms with Gasteiger partial charge in [-0.05, 0) is 48.2 Å². The van der Waals surface area contributed by atoms with Crippen LogP contribution in [-0.4, -0.2) is 48.5 Å². The number of allylic oxidation sites excluding steroid dienone is 1. The molecule has 1 fully saturated rings. The number of thiophene rings is 1. The zero-order valence-electron chi connectivity index (χ0n) is 15.5. The van der Waals surface area contributed by atoms with E-state index in [4.69, 9.17) is 9.47 Å². The number of aliphatic hydroxyl groups excluding tert-OH is 1. The summed E-state index contributed by atoms with van der Waals surface area (Å²) in [5, 5.41) is 12.8.